The van der Waals surface area contributed by atoms with Gasteiger partial charge in [0.15, 0.2) is 0 Å². The maximum absolute atomic E-state index is 13.1. The highest BCUT2D eigenvalue weighted by Crippen LogP contribution is 2.17. The third-order valence-corrected chi connectivity index (χ3v) is 10.7. The highest BCUT2D eigenvalue weighted by molar-refractivity contribution is 5.77. The standard InChI is InChI=1S/C48H91NO5/c1-4-7-10-13-16-19-22-24-26-28-31-34-37-40-46(51)45(43-50)49-47(52)42-44(39-36-33-30-27-25-23-20-17-14-11-8-5-2)54-48(53)41-38-35-32-29-21-18-15-12-9-6-3/h12,15,27,30,44-46,50-51H,4-11,13-14,16-26,28-29,31-43H2,1-3H3,(H,49,52)/b15-12-,30-27-. The van der Waals surface area contributed by atoms with Gasteiger partial charge in [-0.05, 0) is 64.2 Å². The number of aliphatic hydroxyl groups excluding tert-OH is 2. The fourth-order valence-corrected chi connectivity index (χ4v) is 7.14. The second-order valence-corrected chi connectivity index (χ2v) is 16.2. The molecular formula is C48H91NO5. The summed E-state index contributed by atoms with van der Waals surface area (Å²) >= 11 is 0. The third-order valence-electron chi connectivity index (χ3n) is 10.7. The number of carbonyl (C=O) groups excluding carboxylic acids is 2. The van der Waals surface area contributed by atoms with Gasteiger partial charge in [0, 0.05) is 6.42 Å². The molecule has 0 aliphatic heterocycles. The van der Waals surface area contributed by atoms with Crippen molar-refractivity contribution in [2.24, 2.45) is 0 Å². The first-order chi connectivity index (χ1) is 26.5. The van der Waals surface area contributed by atoms with Gasteiger partial charge in [0.05, 0.1) is 25.2 Å². The lowest BCUT2D eigenvalue weighted by molar-refractivity contribution is -0.151. The summed E-state index contributed by atoms with van der Waals surface area (Å²) in [6.45, 7) is 6.40. The topological polar surface area (TPSA) is 95.9 Å². The molecule has 6 nitrogen and oxygen atoms in total. The first kappa shape index (κ1) is 52.3. The predicted molar refractivity (Wildman–Crippen MR) is 232 cm³/mol. The molecule has 0 aliphatic rings. The van der Waals surface area contributed by atoms with Crippen molar-refractivity contribution >= 4 is 11.9 Å². The molecule has 0 aromatic rings. The zero-order valence-corrected chi connectivity index (χ0v) is 36.1. The molecule has 0 saturated carbocycles. The molecule has 3 N–H and O–H groups in total. The molecule has 54 heavy (non-hydrogen) atoms. The number of hydrogen-bond acceptors (Lipinski definition) is 5. The summed E-state index contributed by atoms with van der Waals surface area (Å²) in [7, 11) is 0. The number of aliphatic hydroxyl groups is 2. The molecule has 0 spiro atoms. The Bertz CT molecular complexity index is 858. The fraction of sp³-hybridized carbons (Fsp3) is 0.875. The van der Waals surface area contributed by atoms with Crippen LogP contribution in [0.4, 0.5) is 0 Å². The van der Waals surface area contributed by atoms with E-state index in [2.05, 4.69) is 50.4 Å². The van der Waals surface area contributed by atoms with Gasteiger partial charge < -0.3 is 20.3 Å². The molecule has 0 fully saturated rings. The van der Waals surface area contributed by atoms with Crippen molar-refractivity contribution in [1.82, 2.24) is 5.32 Å². The summed E-state index contributed by atoms with van der Waals surface area (Å²) in [6.07, 6.45) is 46.7. The van der Waals surface area contributed by atoms with Gasteiger partial charge in [0.1, 0.15) is 6.10 Å². The van der Waals surface area contributed by atoms with Gasteiger partial charge in [0.2, 0.25) is 5.91 Å². The van der Waals surface area contributed by atoms with Crippen LogP contribution in [0.5, 0.6) is 0 Å². The molecule has 6 heteroatoms. The number of rotatable bonds is 42. The summed E-state index contributed by atoms with van der Waals surface area (Å²) in [6, 6.07) is -0.706. The lowest BCUT2D eigenvalue weighted by Crippen LogP contribution is -2.46. The number of ether oxygens (including phenoxy) is 1. The maximum Gasteiger partial charge on any atom is 0.306 e. The Kier molecular flexibility index (Phi) is 41.2. The largest absolute Gasteiger partial charge is 0.462 e. The lowest BCUT2D eigenvalue weighted by atomic mass is 10.0. The van der Waals surface area contributed by atoms with Crippen LogP contribution < -0.4 is 5.32 Å². The minimum absolute atomic E-state index is 0.0565. The van der Waals surface area contributed by atoms with Crippen LogP contribution >= 0.6 is 0 Å². The summed E-state index contributed by atoms with van der Waals surface area (Å²) in [5, 5.41) is 23.7. The Balaban J connectivity index is 4.58. The van der Waals surface area contributed by atoms with Gasteiger partial charge in [-0.2, -0.15) is 0 Å². The van der Waals surface area contributed by atoms with E-state index >= 15 is 0 Å². The van der Waals surface area contributed by atoms with Gasteiger partial charge in [-0.1, -0.05) is 193 Å². The van der Waals surface area contributed by atoms with Gasteiger partial charge >= 0.3 is 5.97 Å². The second-order valence-electron chi connectivity index (χ2n) is 16.2. The smallest absolute Gasteiger partial charge is 0.306 e. The highest BCUT2D eigenvalue weighted by atomic mass is 16.5. The van der Waals surface area contributed by atoms with Crippen molar-refractivity contribution in [1.29, 1.82) is 0 Å². The number of esters is 1. The molecule has 0 aliphatic carbocycles. The number of hydrogen-bond donors (Lipinski definition) is 3. The number of carbonyl (C=O) groups is 2. The second kappa shape index (κ2) is 42.5. The Hall–Kier alpha value is -1.66. The number of allylic oxidation sites excluding steroid dienone is 4. The molecule has 0 rings (SSSR count). The summed E-state index contributed by atoms with van der Waals surface area (Å²) in [5.74, 6) is -0.510. The SMILES string of the molecule is CCC/C=C\CCCCCCCC(=O)OC(CCC/C=C\CCCCCCCCC)CC(=O)NC(CO)C(O)CCCCCCCCCCCCCCC. The van der Waals surface area contributed by atoms with Crippen molar-refractivity contribution in [3.05, 3.63) is 24.3 Å². The average Bonchev–Trinajstić information content (AvgIpc) is 3.16. The quantitative estimate of drug-likeness (QED) is 0.0327. The van der Waals surface area contributed by atoms with Crippen LogP contribution in [0.3, 0.4) is 0 Å². The van der Waals surface area contributed by atoms with E-state index in [-0.39, 0.29) is 24.9 Å². The highest BCUT2D eigenvalue weighted by Gasteiger charge is 2.24. The van der Waals surface area contributed by atoms with E-state index in [1.54, 1.807) is 0 Å². The molecule has 3 unspecified atom stereocenters. The van der Waals surface area contributed by atoms with E-state index in [4.69, 9.17) is 4.74 Å². The number of nitrogens with one attached hydrogen (secondary N) is 1. The summed E-state index contributed by atoms with van der Waals surface area (Å²) < 4.78 is 5.87. The van der Waals surface area contributed by atoms with Crippen LogP contribution in [0.2, 0.25) is 0 Å². The average molecular weight is 762 g/mol. The van der Waals surface area contributed by atoms with E-state index in [9.17, 15) is 19.8 Å². The molecular weight excluding hydrogens is 671 g/mol. The first-order valence-corrected chi connectivity index (χ1v) is 23.6. The van der Waals surface area contributed by atoms with Crippen molar-refractivity contribution < 1.29 is 24.5 Å². The molecule has 1 amide bonds. The van der Waals surface area contributed by atoms with Crippen molar-refractivity contribution in [2.45, 2.75) is 264 Å². The van der Waals surface area contributed by atoms with Crippen LogP contribution in [0.1, 0.15) is 245 Å². The van der Waals surface area contributed by atoms with Crippen LogP contribution in [-0.4, -0.2) is 46.9 Å². The Labute approximate surface area is 335 Å². The van der Waals surface area contributed by atoms with E-state index in [0.717, 1.165) is 70.6 Å². The summed E-state index contributed by atoms with van der Waals surface area (Å²) in [5.41, 5.74) is 0. The zero-order valence-electron chi connectivity index (χ0n) is 36.1. The molecule has 318 valence electrons. The number of unbranched alkanes of at least 4 members (excludes halogenated alkanes) is 26. The molecule has 0 radical (unpaired) electrons. The van der Waals surface area contributed by atoms with E-state index in [0.29, 0.717) is 19.3 Å². The first-order valence-electron chi connectivity index (χ1n) is 23.6. The third kappa shape index (κ3) is 37.3. The van der Waals surface area contributed by atoms with Gasteiger partial charge in [-0.15, -0.1) is 0 Å². The minimum Gasteiger partial charge on any atom is -0.462 e. The van der Waals surface area contributed by atoms with Crippen molar-refractivity contribution in [3.63, 3.8) is 0 Å². The van der Waals surface area contributed by atoms with E-state index < -0.39 is 18.2 Å². The molecule has 0 heterocycles. The Morgan fingerprint density at radius 2 is 0.944 bits per heavy atom. The van der Waals surface area contributed by atoms with Crippen molar-refractivity contribution in [2.75, 3.05) is 6.61 Å². The molecule has 0 bridgehead atoms. The van der Waals surface area contributed by atoms with Gasteiger partial charge in [-0.3, -0.25) is 9.59 Å². The predicted octanol–water partition coefficient (Wildman–Crippen LogP) is 13.6. The summed E-state index contributed by atoms with van der Waals surface area (Å²) in [4.78, 5) is 25.9. The molecule has 0 aromatic heterocycles. The Morgan fingerprint density at radius 1 is 0.519 bits per heavy atom. The molecule has 0 aromatic carbocycles. The van der Waals surface area contributed by atoms with E-state index in [1.165, 1.54) is 128 Å². The number of amides is 1. The molecule has 0 saturated heterocycles. The van der Waals surface area contributed by atoms with Crippen LogP contribution in [-0.2, 0) is 14.3 Å². The van der Waals surface area contributed by atoms with Crippen LogP contribution in [0.15, 0.2) is 24.3 Å². The maximum atomic E-state index is 13.1. The lowest BCUT2D eigenvalue weighted by Gasteiger charge is -2.24. The molecule has 3 atom stereocenters. The van der Waals surface area contributed by atoms with Gasteiger partial charge in [-0.25, -0.2) is 0 Å². The fourth-order valence-electron chi connectivity index (χ4n) is 7.14. The zero-order chi connectivity index (χ0) is 39.6. The minimum atomic E-state index is -0.790. The van der Waals surface area contributed by atoms with Crippen LogP contribution in [0.25, 0.3) is 0 Å². The monoisotopic (exact) mass is 762 g/mol. The van der Waals surface area contributed by atoms with E-state index in [1.807, 2.05) is 0 Å². The normalized spacial score (nSPS) is 13.5. The van der Waals surface area contributed by atoms with Crippen LogP contribution in [0, 0.1) is 0 Å². The van der Waals surface area contributed by atoms with Gasteiger partial charge in [0.25, 0.3) is 0 Å². The van der Waals surface area contributed by atoms with Crippen molar-refractivity contribution in [3.8, 4) is 0 Å². The Morgan fingerprint density at radius 3 is 1.43 bits per heavy atom.